The molecule has 0 aliphatic rings. The number of fused-ring (bicyclic) bond motifs is 1. The Labute approximate surface area is 198 Å². The second-order valence-corrected chi connectivity index (χ2v) is 9.23. The van der Waals surface area contributed by atoms with Crippen molar-refractivity contribution in [3.05, 3.63) is 58.7 Å². The van der Waals surface area contributed by atoms with E-state index in [1.807, 2.05) is 44.2 Å². The van der Waals surface area contributed by atoms with Crippen molar-refractivity contribution in [3.8, 4) is 22.9 Å². The maximum absolute atomic E-state index is 12.4. The first-order chi connectivity index (χ1) is 16.0. The second-order valence-electron chi connectivity index (χ2n) is 8.13. The van der Waals surface area contributed by atoms with Crippen molar-refractivity contribution in [2.75, 3.05) is 12.4 Å². The van der Waals surface area contributed by atoms with Crippen LogP contribution < -0.4 is 10.4 Å². The van der Waals surface area contributed by atoms with Gasteiger partial charge in [-0.15, -0.1) is 0 Å². The van der Waals surface area contributed by atoms with Crippen molar-refractivity contribution in [3.63, 3.8) is 0 Å². The monoisotopic (exact) mass is 464 g/mol. The predicted octanol–water partition coefficient (Wildman–Crippen LogP) is 5.97. The molecule has 0 fully saturated rings. The molecular weight excluding hydrogens is 436 g/mol. The number of nitrogens with zero attached hydrogens (tertiary/aromatic N) is 2. The van der Waals surface area contributed by atoms with Gasteiger partial charge in [0.25, 0.3) is 0 Å². The summed E-state index contributed by atoms with van der Waals surface area (Å²) >= 11 is 1.45. The van der Waals surface area contributed by atoms with Crippen molar-refractivity contribution in [1.29, 1.82) is 5.26 Å². The quantitative estimate of drug-likeness (QED) is 0.323. The molecule has 0 saturated heterocycles. The van der Waals surface area contributed by atoms with Crippen LogP contribution in [0.4, 0.5) is 0 Å². The molecule has 0 N–H and O–H groups in total. The molecule has 0 atom stereocenters. The molecule has 6 nitrogen and oxygen atoms in total. The van der Waals surface area contributed by atoms with Gasteiger partial charge in [-0.3, -0.25) is 9.78 Å². The van der Waals surface area contributed by atoms with E-state index < -0.39 is 5.63 Å². The number of hydrogen-bond donors (Lipinski definition) is 0. The zero-order valence-corrected chi connectivity index (χ0v) is 19.8. The number of aromatic nitrogens is 1. The Morgan fingerprint density at radius 1 is 1.12 bits per heavy atom. The van der Waals surface area contributed by atoms with Gasteiger partial charge in [0.1, 0.15) is 17.4 Å². The Hall–Kier alpha value is -3.11. The maximum Gasteiger partial charge on any atom is 0.344 e. The molecular formula is C26H28N2O4S. The third kappa shape index (κ3) is 6.93. The van der Waals surface area contributed by atoms with Crippen molar-refractivity contribution >= 4 is 27.8 Å². The van der Waals surface area contributed by atoms with Crippen LogP contribution in [0.3, 0.4) is 0 Å². The minimum Gasteiger partial charge on any atom is -0.494 e. The first-order valence-corrected chi connectivity index (χ1v) is 12.2. The lowest BCUT2D eigenvalue weighted by Gasteiger charge is -2.08. The molecule has 0 unspecified atom stereocenters. The fourth-order valence-electron chi connectivity index (χ4n) is 3.32. The van der Waals surface area contributed by atoms with Gasteiger partial charge in [-0.2, -0.15) is 5.26 Å². The van der Waals surface area contributed by atoms with Gasteiger partial charge in [0.2, 0.25) is 0 Å². The van der Waals surface area contributed by atoms with Crippen molar-refractivity contribution in [1.82, 2.24) is 4.98 Å². The smallest absolute Gasteiger partial charge is 0.344 e. The van der Waals surface area contributed by atoms with Gasteiger partial charge in [-0.05, 0) is 36.6 Å². The van der Waals surface area contributed by atoms with Crippen LogP contribution in [0.1, 0.15) is 51.5 Å². The van der Waals surface area contributed by atoms with Gasteiger partial charge in [0, 0.05) is 29.5 Å². The zero-order valence-electron chi connectivity index (χ0n) is 19.0. The van der Waals surface area contributed by atoms with Crippen LogP contribution in [-0.2, 0) is 4.79 Å². The normalized spacial score (nSPS) is 11.0. The number of rotatable bonds is 11. The van der Waals surface area contributed by atoms with Crippen molar-refractivity contribution < 1.29 is 13.9 Å². The summed E-state index contributed by atoms with van der Waals surface area (Å²) < 4.78 is 11.2. The van der Waals surface area contributed by atoms with Gasteiger partial charge in [-0.25, -0.2) is 4.79 Å². The molecule has 33 heavy (non-hydrogen) atoms. The minimum absolute atomic E-state index is 0.112. The van der Waals surface area contributed by atoms with E-state index in [9.17, 15) is 9.59 Å². The molecule has 0 aliphatic heterocycles. The highest BCUT2D eigenvalue weighted by Crippen LogP contribution is 2.24. The summed E-state index contributed by atoms with van der Waals surface area (Å²) in [4.78, 5) is 28.0. The van der Waals surface area contributed by atoms with E-state index >= 15 is 0 Å². The fraction of sp³-hybridized carbons (Fsp3) is 0.385. The molecule has 0 aliphatic carbocycles. The van der Waals surface area contributed by atoms with Crippen LogP contribution in [0.5, 0.6) is 5.75 Å². The minimum atomic E-state index is -0.495. The first kappa shape index (κ1) is 24.5. The number of carbonyl (C=O) groups is 1. The number of benzene rings is 1. The van der Waals surface area contributed by atoms with Gasteiger partial charge >= 0.3 is 5.63 Å². The Kier molecular flexibility index (Phi) is 9.08. The number of pyridine rings is 1. The van der Waals surface area contributed by atoms with E-state index in [4.69, 9.17) is 14.4 Å². The molecule has 1 aromatic carbocycles. The number of nitriles is 1. The third-order valence-corrected chi connectivity index (χ3v) is 6.45. The Morgan fingerprint density at radius 3 is 2.58 bits per heavy atom. The van der Waals surface area contributed by atoms with Crippen LogP contribution in [0, 0.1) is 17.2 Å². The summed E-state index contributed by atoms with van der Waals surface area (Å²) in [6.07, 6.45) is 8.37. The van der Waals surface area contributed by atoms with Crippen LogP contribution in [0.2, 0.25) is 0 Å². The second kappa shape index (κ2) is 12.2. The summed E-state index contributed by atoms with van der Waals surface area (Å²) in [7, 11) is 0. The topological polar surface area (TPSA) is 93.2 Å². The average molecular weight is 465 g/mol. The molecule has 3 aromatic rings. The highest BCUT2D eigenvalue weighted by Gasteiger charge is 2.11. The number of hydrogen-bond acceptors (Lipinski definition) is 7. The Bertz CT molecular complexity index is 1180. The molecule has 7 heteroatoms. The Balaban J connectivity index is 1.44. The highest BCUT2D eigenvalue weighted by atomic mass is 32.2. The Morgan fingerprint density at radius 2 is 1.85 bits per heavy atom. The number of unbranched alkanes of at least 4 members (excludes halogenated alkanes) is 4. The van der Waals surface area contributed by atoms with Gasteiger partial charge in [0.05, 0.1) is 12.2 Å². The standard InChI is InChI=1S/C26H28N2O4S/c1-18(2)26(30)33-13-7-5-3-4-6-12-31-22-10-8-19(9-11-22)23-14-20-16-28-17-21(15-27)24(20)32-25(23)29/h8-11,14,16-18H,3-7,12-13H2,1-2H3. The molecule has 0 radical (unpaired) electrons. The molecule has 3 rings (SSSR count). The summed E-state index contributed by atoms with van der Waals surface area (Å²) in [5.74, 6) is 1.77. The molecule has 2 heterocycles. The average Bonchev–Trinajstić information content (AvgIpc) is 2.82. The molecule has 0 spiro atoms. The number of thioether (sulfide) groups is 1. The predicted molar refractivity (Wildman–Crippen MR) is 131 cm³/mol. The third-order valence-electron chi connectivity index (χ3n) is 5.20. The van der Waals surface area contributed by atoms with E-state index in [2.05, 4.69) is 4.98 Å². The molecule has 0 bridgehead atoms. The molecule has 2 aromatic heterocycles. The summed E-state index contributed by atoms with van der Waals surface area (Å²) in [5.41, 5.74) is 1.13. The van der Waals surface area contributed by atoms with Crippen molar-refractivity contribution in [2.45, 2.75) is 46.0 Å². The van der Waals surface area contributed by atoms with Gasteiger partial charge in [0.15, 0.2) is 10.7 Å². The lowest BCUT2D eigenvalue weighted by Crippen LogP contribution is -2.04. The summed E-state index contributed by atoms with van der Waals surface area (Å²) in [6, 6.07) is 11.0. The first-order valence-electron chi connectivity index (χ1n) is 11.2. The fourth-order valence-corrected chi connectivity index (χ4v) is 4.20. The van der Waals surface area contributed by atoms with Gasteiger partial charge < -0.3 is 9.15 Å². The molecule has 0 saturated carbocycles. The molecule has 172 valence electrons. The lowest BCUT2D eigenvalue weighted by atomic mass is 10.1. The van der Waals surface area contributed by atoms with E-state index in [1.165, 1.54) is 18.0 Å². The highest BCUT2D eigenvalue weighted by molar-refractivity contribution is 8.13. The van der Waals surface area contributed by atoms with Crippen LogP contribution >= 0.6 is 11.8 Å². The van der Waals surface area contributed by atoms with Crippen LogP contribution in [-0.4, -0.2) is 22.5 Å². The van der Waals surface area contributed by atoms with E-state index in [1.54, 1.807) is 12.3 Å². The van der Waals surface area contributed by atoms with Crippen LogP contribution in [0.25, 0.3) is 22.1 Å². The van der Waals surface area contributed by atoms with E-state index in [0.29, 0.717) is 23.1 Å². The molecule has 0 amide bonds. The van der Waals surface area contributed by atoms with Gasteiger partial charge in [-0.1, -0.05) is 57.0 Å². The van der Waals surface area contributed by atoms with E-state index in [-0.39, 0.29) is 22.2 Å². The zero-order chi connectivity index (χ0) is 23.6. The van der Waals surface area contributed by atoms with Crippen LogP contribution in [0.15, 0.2) is 51.9 Å². The SMILES string of the molecule is CC(C)C(=O)SCCCCCCCOc1ccc(-c2cc3cncc(C#N)c3oc2=O)cc1. The van der Waals surface area contributed by atoms with Crippen molar-refractivity contribution in [2.24, 2.45) is 5.92 Å². The maximum atomic E-state index is 12.4. The summed E-state index contributed by atoms with van der Waals surface area (Å²) in [6.45, 7) is 4.51. The number of ether oxygens (including phenoxy) is 1. The number of carbonyl (C=O) groups excluding carboxylic acids is 1. The van der Waals surface area contributed by atoms with E-state index in [0.717, 1.165) is 43.6 Å². The lowest BCUT2D eigenvalue weighted by molar-refractivity contribution is -0.113. The summed E-state index contributed by atoms with van der Waals surface area (Å²) in [5, 5.41) is 10.0. The largest absolute Gasteiger partial charge is 0.494 e.